The van der Waals surface area contributed by atoms with Crippen LogP contribution >= 0.6 is 11.8 Å². The predicted molar refractivity (Wildman–Crippen MR) is 89.8 cm³/mol. The molecule has 1 heterocycles. The number of rotatable bonds is 6. The quantitative estimate of drug-likeness (QED) is 0.442. The van der Waals surface area contributed by atoms with E-state index < -0.39 is 0 Å². The van der Waals surface area contributed by atoms with Crippen LogP contribution in [-0.2, 0) is 0 Å². The number of aromatic nitrogens is 3. The Hall–Kier alpha value is -1.89. The van der Waals surface area contributed by atoms with Gasteiger partial charge in [-0.05, 0) is 25.3 Å². The van der Waals surface area contributed by atoms with Crippen LogP contribution in [0.15, 0.2) is 29.4 Å². The van der Waals surface area contributed by atoms with Crippen molar-refractivity contribution >= 4 is 17.4 Å². The summed E-state index contributed by atoms with van der Waals surface area (Å²) in [6.45, 7) is 6.30. The molecule has 0 aliphatic heterocycles. The van der Waals surface area contributed by atoms with E-state index in [1.165, 1.54) is 18.9 Å². The Kier molecular flexibility index (Phi) is 4.39. The van der Waals surface area contributed by atoms with Crippen molar-refractivity contribution in [2.24, 2.45) is 0 Å². The van der Waals surface area contributed by atoms with Crippen LogP contribution in [0.1, 0.15) is 62.2 Å². The van der Waals surface area contributed by atoms with Gasteiger partial charge in [0, 0.05) is 29.3 Å². The van der Waals surface area contributed by atoms with Gasteiger partial charge in [0.25, 0.3) is 5.69 Å². The molecule has 1 aromatic heterocycles. The van der Waals surface area contributed by atoms with Crippen molar-refractivity contribution in [3.05, 3.63) is 45.8 Å². The Morgan fingerprint density at radius 3 is 2.65 bits per heavy atom. The first-order valence-corrected chi connectivity index (χ1v) is 8.71. The van der Waals surface area contributed by atoms with Crippen molar-refractivity contribution in [1.29, 1.82) is 0 Å². The topological polar surface area (TPSA) is 73.8 Å². The maximum Gasteiger partial charge on any atom is 0.269 e. The molecule has 0 radical (unpaired) electrons. The third kappa shape index (κ3) is 3.39. The van der Waals surface area contributed by atoms with Crippen molar-refractivity contribution < 1.29 is 4.92 Å². The molecule has 3 rings (SSSR count). The Balaban J connectivity index is 1.84. The molecule has 23 heavy (non-hydrogen) atoms. The Morgan fingerprint density at radius 2 is 2.04 bits per heavy atom. The Labute approximate surface area is 139 Å². The molecule has 1 fully saturated rings. The van der Waals surface area contributed by atoms with E-state index in [0.29, 0.717) is 12.0 Å². The molecule has 7 heteroatoms. The standard InChI is InChI=1S/C16H20N4O2S/c1-10(2)15-17-18-16(19(15)13-7-8-13)23-11(3)12-5-4-6-14(9-12)20(21)22/h4-6,9-11,13H,7-8H2,1-3H3. The van der Waals surface area contributed by atoms with E-state index in [2.05, 4.69) is 28.6 Å². The summed E-state index contributed by atoms with van der Waals surface area (Å²) in [7, 11) is 0. The van der Waals surface area contributed by atoms with Crippen LogP contribution in [0, 0.1) is 10.1 Å². The third-order valence-corrected chi connectivity index (χ3v) is 5.07. The zero-order valence-corrected chi connectivity index (χ0v) is 14.3. The van der Waals surface area contributed by atoms with E-state index in [0.717, 1.165) is 16.5 Å². The van der Waals surface area contributed by atoms with Crippen LogP contribution in [-0.4, -0.2) is 19.7 Å². The third-order valence-electron chi connectivity index (χ3n) is 3.95. The fourth-order valence-corrected chi connectivity index (χ4v) is 3.60. The lowest BCUT2D eigenvalue weighted by atomic mass is 10.1. The van der Waals surface area contributed by atoms with Gasteiger partial charge in [0.05, 0.1) is 4.92 Å². The molecule has 1 atom stereocenters. The van der Waals surface area contributed by atoms with E-state index in [9.17, 15) is 10.1 Å². The van der Waals surface area contributed by atoms with Gasteiger partial charge in [-0.1, -0.05) is 37.7 Å². The number of nitrogens with zero attached hydrogens (tertiary/aromatic N) is 4. The van der Waals surface area contributed by atoms with Crippen LogP contribution in [0.4, 0.5) is 5.69 Å². The van der Waals surface area contributed by atoms with Crippen LogP contribution in [0.2, 0.25) is 0 Å². The first-order chi connectivity index (χ1) is 11.0. The second-order valence-electron chi connectivity index (χ2n) is 6.21. The summed E-state index contributed by atoms with van der Waals surface area (Å²) >= 11 is 1.62. The maximum absolute atomic E-state index is 10.9. The first kappa shape index (κ1) is 16.0. The molecule has 122 valence electrons. The number of nitro groups is 1. The lowest BCUT2D eigenvalue weighted by molar-refractivity contribution is -0.384. The van der Waals surface area contributed by atoms with Crippen LogP contribution in [0.5, 0.6) is 0 Å². The number of nitro benzene ring substituents is 1. The molecule has 0 spiro atoms. The van der Waals surface area contributed by atoms with Gasteiger partial charge >= 0.3 is 0 Å². The summed E-state index contributed by atoms with van der Waals surface area (Å²) in [5.74, 6) is 1.37. The second kappa shape index (κ2) is 6.31. The largest absolute Gasteiger partial charge is 0.303 e. The van der Waals surface area contributed by atoms with E-state index in [4.69, 9.17) is 0 Å². The van der Waals surface area contributed by atoms with Gasteiger partial charge in [-0.15, -0.1) is 10.2 Å². The van der Waals surface area contributed by atoms with Crippen LogP contribution < -0.4 is 0 Å². The number of hydrogen-bond donors (Lipinski definition) is 0. The maximum atomic E-state index is 10.9. The predicted octanol–water partition coefficient (Wildman–Crippen LogP) is 4.50. The molecular weight excluding hydrogens is 312 g/mol. The SMILES string of the molecule is CC(C)c1nnc(SC(C)c2cccc([N+](=O)[O-])c2)n1C1CC1. The van der Waals surface area contributed by atoms with Gasteiger partial charge in [-0.2, -0.15) is 0 Å². The zero-order chi connectivity index (χ0) is 16.6. The lowest BCUT2D eigenvalue weighted by Gasteiger charge is -2.14. The van der Waals surface area contributed by atoms with Crippen LogP contribution in [0.3, 0.4) is 0 Å². The average molecular weight is 332 g/mol. The molecular formula is C16H20N4O2S. The number of non-ortho nitro benzene ring substituents is 1. The van der Waals surface area contributed by atoms with Crippen molar-refractivity contribution in [3.63, 3.8) is 0 Å². The second-order valence-corrected chi connectivity index (χ2v) is 7.52. The lowest BCUT2D eigenvalue weighted by Crippen LogP contribution is -2.05. The minimum Gasteiger partial charge on any atom is -0.303 e. The van der Waals surface area contributed by atoms with Gasteiger partial charge in [-0.3, -0.25) is 10.1 Å². The number of thioether (sulfide) groups is 1. The van der Waals surface area contributed by atoms with E-state index in [-0.39, 0.29) is 15.9 Å². The molecule has 1 aliphatic carbocycles. The highest BCUT2D eigenvalue weighted by Gasteiger charge is 2.31. The zero-order valence-electron chi connectivity index (χ0n) is 13.5. The van der Waals surface area contributed by atoms with Crippen molar-refractivity contribution in [1.82, 2.24) is 14.8 Å². The van der Waals surface area contributed by atoms with Gasteiger partial charge in [-0.25, -0.2) is 0 Å². The van der Waals surface area contributed by atoms with Crippen LogP contribution in [0.25, 0.3) is 0 Å². The van der Waals surface area contributed by atoms with Crippen molar-refractivity contribution in [2.45, 2.75) is 56.0 Å². The summed E-state index contributed by atoms with van der Waals surface area (Å²) in [5, 5.41) is 20.6. The van der Waals surface area contributed by atoms with Gasteiger partial charge < -0.3 is 4.57 Å². The molecule has 2 aromatic rings. The average Bonchev–Trinajstić information content (AvgIpc) is 3.27. The normalized spacial score (nSPS) is 15.8. The van der Waals surface area contributed by atoms with E-state index in [1.807, 2.05) is 13.0 Å². The smallest absolute Gasteiger partial charge is 0.269 e. The van der Waals surface area contributed by atoms with Crippen molar-refractivity contribution in [3.8, 4) is 0 Å². The molecule has 1 saturated carbocycles. The fourth-order valence-electron chi connectivity index (χ4n) is 2.56. The van der Waals surface area contributed by atoms with E-state index in [1.54, 1.807) is 23.9 Å². The molecule has 0 amide bonds. The summed E-state index contributed by atoms with van der Waals surface area (Å²) in [5.41, 5.74) is 1.06. The monoisotopic (exact) mass is 332 g/mol. The molecule has 6 nitrogen and oxygen atoms in total. The molecule has 1 aliphatic rings. The van der Waals surface area contributed by atoms with Gasteiger partial charge in [0.2, 0.25) is 0 Å². The summed E-state index contributed by atoms with van der Waals surface area (Å²) in [6, 6.07) is 7.33. The molecule has 1 aromatic carbocycles. The fraction of sp³-hybridized carbons (Fsp3) is 0.500. The minimum absolute atomic E-state index is 0.0802. The Bertz CT molecular complexity index is 725. The summed E-state index contributed by atoms with van der Waals surface area (Å²) in [4.78, 5) is 10.6. The molecule has 1 unspecified atom stereocenters. The highest BCUT2D eigenvalue weighted by atomic mass is 32.2. The van der Waals surface area contributed by atoms with Gasteiger partial charge in [0.1, 0.15) is 5.82 Å². The molecule has 0 bridgehead atoms. The molecule has 0 N–H and O–H groups in total. The first-order valence-electron chi connectivity index (χ1n) is 7.83. The summed E-state index contributed by atoms with van der Waals surface area (Å²) < 4.78 is 2.25. The highest BCUT2D eigenvalue weighted by Crippen LogP contribution is 2.43. The number of benzene rings is 1. The summed E-state index contributed by atoms with van der Waals surface area (Å²) in [6.07, 6.45) is 2.35. The van der Waals surface area contributed by atoms with Crippen molar-refractivity contribution in [2.75, 3.05) is 0 Å². The molecule has 0 saturated heterocycles. The highest BCUT2D eigenvalue weighted by molar-refractivity contribution is 7.99. The van der Waals surface area contributed by atoms with Gasteiger partial charge in [0.15, 0.2) is 5.16 Å². The van der Waals surface area contributed by atoms with E-state index >= 15 is 0 Å². The number of hydrogen-bond acceptors (Lipinski definition) is 5. The Morgan fingerprint density at radius 1 is 1.30 bits per heavy atom. The minimum atomic E-state index is -0.357.